The molecule has 0 aliphatic carbocycles. The molecule has 3 aromatic rings. The predicted molar refractivity (Wildman–Crippen MR) is 95.1 cm³/mol. The fourth-order valence-electron chi connectivity index (χ4n) is 3.21. The Morgan fingerprint density at radius 3 is 2.88 bits per heavy atom. The molecule has 2 aromatic heterocycles. The Morgan fingerprint density at radius 2 is 2.12 bits per heavy atom. The number of nitrogens with zero attached hydrogens (tertiary/aromatic N) is 1. The molecule has 1 aliphatic rings. The lowest BCUT2D eigenvalue weighted by molar-refractivity contribution is 0.0948. The third-order valence-electron chi connectivity index (χ3n) is 4.46. The van der Waals surface area contributed by atoms with E-state index in [1.54, 1.807) is 13.0 Å². The smallest absolute Gasteiger partial charge is 0.255 e. The molecule has 3 heterocycles. The molecule has 26 heavy (non-hydrogen) atoms. The second kappa shape index (κ2) is 6.37. The van der Waals surface area contributed by atoms with Crippen LogP contribution in [0.15, 0.2) is 39.3 Å². The number of carbonyl (C=O) groups is 1. The zero-order valence-corrected chi connectivity index (χ0v) is 15.0. The van der Waals surface area contributed by atoms with Crippen LogP contribution in [0.3, 0.4) is 0 Å². The lowest BCUT2D eigenvalue weighted by Gasteiger charge is -2.03. The van der Waals surface area contributed by atoms with E-state index in [1.807, 2.05) is 25.1 Å². The van der Waals surface area contributed by atoms with E-state index in [9.17, 15) is 4.79 Å². The Balaban J connectivity index is 1.45. The highest BCUT2D eigenvalue weighted by Gasteiger charge is 2.20. The van der Waals surface area contributed by atoms with Crippen LogP contribution in [-0.4, -0.2) is 17.2 Å². The first-order valence-electron chi connectivity index (χ1n) is 8.60. The summed E-state index contributed by atoms with van der Waals surface area (Å²) >= 11 is 0. The summed E-state index contributed by atoms with van der Waals surface area (Å²) in [6, 6.07) is 9.58. The predicted octanol–water partition coefficient (Wildman–Crippen LogP) is 3.80. The number of hydrogen-bond donors (Lipinski definition) is 1. The van der Waals surface area contributed by atoms with Crippen LogP contribution in [0.4, 0.5) is 0 Å². The third-order valence-corrected chi connectivity index (χ3v) is 4.46. The van der Waals surface area contributed by atoms with Gasteiger partial charge in [0.25, 0.3) is 5.91 Å². The van der Waals surface area contributed by atoms with Gasteiger partial charge < -0.3 is 19.0 Å². The minimum absolute atomic E-state index is 0.191. The van der Waals surface area contributed by atoms with E-state index < -0.39 is 0 Å². The number of aryl methyl sites for hydroxylation is 2. The van der Waals surface area contributed by atoms with Gasteiger partial charge in [0.1, 0.15) is 29.1 Å². The van der Waals surface area contributed by atoms with Crippen molar-refractivity contribution in [1.29, 1.82) is 0 Å². The molecule has 0 bridgehead atoms. The summed E-state index contributed by atoms with van der Waals surface area (Å²) in [4.78, 5) is 12.2. The molecule has 1 aliphatic heterocycles. The number of rotatable bonds is 4. The van der Waals surface area contributed by atoms with Crippen molar-refractivity contribution >= 4 is 5.91 Å². The van der Waals surface area contributed by atoms with Gasteiger partial charge in [-0.2, -0.15) is 0 Å². The van der Waals surface area contributed by atoms with E-state index in [0.29, 0.717) is 28.5 Å². The molecule has 0 spiro atoms. The summed E-state index contributed by atoms with van der Waals surface area (Å²) in [7, 11) is 0. The zero-order valence-electron chi connectivity index (χ0n) is 15.0. The van der Waals surface area contributed by atoms with E-state index in [4.69, 9.17) is 13.7 Å². The monoisotopic (exact) mass is 352 g/mol. The second-order valence-electron chi connectivity index (χ2n) is 6.65. The molecule has 1 N–H and O–H groups in total. The topological polar surface area (TPSA) is 77.5 Å². The molecule has 1 aromatic carbocycles. The lowest BCUT2D eigenvalue weighted by Crippen LogP contribution is -2.23. The van der Waals surface area contributed by atoms with Gasteiger partial charge >= 0.3 is 0 Å². The van der Waals surface area contributed by atoms with Crippen molar-refractivity contribution in [3.63, 3.8) is 0 Å². The van der Waals surface area contributed by atoms with Gasteiger partial charge in [-0.3, -0.25) is 4.79 Å². The Kier molecular flexibility index (Phi) is 4.03. The minimum atomic E-state index is -0.191. The number of furan rings is 1. The summed E-state index contributed by atoms with van der Waals surface area (Å²) in [6.45, 7) is 5.92. The minimum Gasteiger partial charge on any atom is -0.490 e. The van der Waals surface area contributed by atoms with Crippen LogP contribution in [0.2, 0.25) is 0 Å². The van der Waals surface area contributed by atoms with E-state index >= 15 is 0 Å². The van der Waals surface area contributed by atoms with Crippen LogP contribution < -0.4 is 10.1 Å². The van der Waals surface area contributed by atoms with Gasteiger partial charge in [-0.25, -0.2) is 0 Å². The molecule has 0 saturated carbocycles. The van der Waals surface area contributed by atoms with Gasteiger partial charge in [-0.1, -0.05) is 17.3 Å². The number of amides is 1. The van der Waals surface area contributed by atoms with Crippen molar-refractivity contribution in [3.05, 3.63) is 58.7 Å². The normalized spacial score (nSPS) is 15.6. The van der Waals surface area contributed by atoms with Crippen LogP contribution in [0.1, 0.15) is 40.1 Å². The molecule has 4 rings (SSSR count). The molecule has 0 saturated heterocycles. The fraction of sp³-hybridized carbons (Fsp3) is 0.300. The van der Waals surface area contributed by atoms with Gasteiger partial charge in [0.05, 0.1) is 12.1 Å². The number of hydrogen-bond acceptors (Lipinski definition) is 5. The first-order valence-corrected chi connectivity index (χ1v) is 8.60. The van der Waals surface area contributed by atoms with Crippen molar-refractivity contribution in [2.75, 3.05) is 0 Å². The van der Waals surface area contributed by atoms with Crippen LogP contribution in [0, 0.1) is 13.8 Å². The average Bonchev–Trinajstić information content (AvgIpc) is 3.29. The van der Waals surface area contributed by atoms with Gasteiger partial charge in [0, 0.05) is 18.1 Å². The summed E-state index contributed by atoms with van der Waals surface area (Å²) < 4.78 is 16.6. The molecule has 1 atom stereocenters. The first-order chi connectivity index (χ1) is 12.5. The van der Waals surface area contributed by atoms with Crippen molar-refractivity contribution in [2.24, 2.45) is 0 Å². The van der Waals surface area contributed by atoms with E-state index in [0.717, 1.165) is 17.7 Å². The molecule has 6 heteroatoms. The average molecular weight is 352 g/mol. The van der Waals surface area contributed by atoms with Crippen LogP contribution in [0.5, 0.6) is 5.75 Å². The van der Waals surface area contributed by atoms with Gasteiger partial charge in [-0.05, 0) is 38.5 Å². The Labute approximate surface area is 151 Å². The van der Waals surface area contributed by atoms with E-state index in [-0.39, 0.29) is 18.6 Å². The number of fused-ring (bicyclic) bond motifs is 1. The Hall–Kier alpha value is -3.02. The summed E-state index contributed by atoms with van der Waals surface area (Å²) in [5.74, 6) is 2.67. The van der Waals surface area contributed by atoms with Crippen molar-refractivity contribution < 1.29 is 18.5 Å². The largest absolute Gasteiger partial charge is 0.490 e. The fourth-order valence-corrected chi connectivity index (χ4v) is 3.21. The Bertz CT molecular complexity index is 970. The molecule has 134 valence electrons. The highest BCUT2D eigenvalue weighted by atomic mass is 16.5. The third kappa shape index (κ3) is 3.10. The van der Waals surface area contributed by atoms with Crippen molar-refractivity contribution in [3.8, 4) is 17.1 Å². The van der Waals surface area contributed by atoms with E-state index in [1.165, 1.54) is 5.56 Å². The molecule has 6 nitrogen and oxygen atoms in total. The number of ether oxygens (including phenoxy) is 1. The summed E-state index contributed by atoms with van der Waals surface area (Å²) in [6.07, 6.45) is 1.13. The quantitative estimate of drug-likeness (QED) is 0.773. The van der Waals surface area contributed by atoms with Crippen LogP contribution >= 0.6 is 0 Å². The highest BCUT2D eigenvalue weighted by Crippen LogP contribution is 2.33. The molecular weight excluding hydrogens is 332 g/mol. The maximum absolute atomic E-state index is 12.2. The summed E-state index contributed by atoms with van der Waals surface area (Å²) in [5, 5.41) is 6.88. The first kappa shape index (κ1) is 16.4. The van der Waals surface area contributed by atoms with Gasteiger partial charge in [-0.15, -0.1) is 0 Å². The maximum atomic E-state index is 12.2. The zero-order chi connectivity index (χ0) is 18.3. The number of nitrogens with one attached hydrogen (secondary N) is 1. The van der Waals surface area contributed by atoms with Crippen molar-refractivity contribution in [1.82, 2.24) is 10.5 Å². The Morgan fingerprint density at radius 1 is 1.27 bits per heavy atom. The van der Waals surface area contributed by atoms with Crippen LogP contribution in [-0.2, 0) is 13.0 Å². The van der Waals surface area contributed by atoms with E-state index in [2.05, 4.69) is 23.5 Å². The lowest BCUT2D eigenvalue weighted by atomic mass is 10.1. The highest BCUT2D eigenvalue weighted by molar-refractivity contribution is 5.95. The molecule has 0 radical (unpaired) electrons. The maximum Gasteiger partial charge on any atom is 0.255 e. The molecule has 0 fully saturated rings. The number of benzene rings is 1. The van der Waals surface area contributed by atoms with Gasteiger partial charge in [0.15, 0.2) is 5.76 Å². The van der Waals surface area contributed by atoms with Crippen molar-refractivity contribution in [2.45, 2.75) is 39.8 Å². The number of aromatic nitrogens is 1. The van der Waals surface area contributed by atoms with Crippen LogP contribution in [0.25, 0.3) is 11.3 Å². The standard InChI is InChI=1S/C20H20N2O4/c1-11-6-14-4-5-15(8-18(14)25-11)19-9-16(22-26-19)10-21-20(23)17-7-12(2)24-13(17)3/h4-5,7-9,11H,6,10H2,1-3H3,(H,21,23). The summed E-state index contributed by atoms with van der Waals surface area (Å²) in [5.41, 5.74) is 3.31. The second-order valence-corrected chi connectivity index (χ2v) is 6.65. The number of carbonyl (C=O) groups excluding carboxylic acids is 1. The van der Waals surface area contributed by atoms with Gasteiger partial charge in [0.2, 0.25) is 0 Å². The SMILES string of the molecule is Cc1cc(C(=O)NCc2cc(-c3ccc4c(c3)OC(C)C4)on2)c(C)o1. The molecular formula is C20H20N2O4. The molecule has 1 amide bonds. The molecule has 1 unspecified atom stereocenters.